The average Bonchev–Trinajstić information content (AvgIpc) is 1.77. The number of hydrogen-bond acceptors (Lipinski definition) is 2. The molecule has 0 atom stereocenters. The second-order valence-corrected chi connectivity index (χ2v) is 3.00. The molecule has 3 N–H and O–H groups in total. The lowest BCUT2D eigenvalue weighted by Gasteiger charge is -2.34. The maximum absolute atomic E-state index is 5.47. The lowest BCUT2D eigenvalue weighted by molar-refractivity contribution is 0.198. The zero-order chi connectivity index (χ0) is 6.69. The highest BCUT2D eigenvalue weighted by Gasteiger charge is 2.26. The van der Waals surface area contributed by atoms with Gasteiger partial charge in [-0.15, -0.1) is 0 Å². The Kier molecular flexibility index (Phi) is 2.49. The molecule has 1 aliphatic carbocycles. The molecule has 2 heteroatoms. The van der Waals surface area contributed by atoms with E-state index in [-0.39, 0.29) is 0 Å². The Balaban J connectivity index is 1.98. The van der Waals surface area contributed by atoms with Crippen molar-refractivity contribution in [2.45, 2.75) is 12.8 Å². The van der Waals surface area contributed by atoms with E-state index in [0.29, 0.717) is 0 Å². The molecule has 0 spiro atoms. The lowest BCUT2D eigenvalue weighted by atomic mass is 9.75. The lowest BCUT2D eigenvalue weighted by Crippen LogP contribution is -2.35. The highest BCUT2D eigenvalue weighted by Crippen LogP contribution is 2.31. The number of nitrogens with two attached hydrogens (primary N) is 1. The molecule has 54 valence electrons. The molecule has 0 aromatic heterocycles. The SMILES string of the molecule is CNCC1CC(CN)C1. The smallest absolute Gasteiger partial charge is 0.00233 e. The van der Waals surface area contributed by atoms with Crippen molar-refractivity contribution < 1.29 is 0 Å². The van der Waals surface area contributed by atoms with Crippen molar-refractivity contribution in [1.29, 1.82) is 0 Å². The van der Waals surface area contributed by atoms with Gasteiger partial charge in [0.25, 0.3) is 0 Å². The van der Waals surface area contributed by atoms with Gasteiger partial charge >= 0.3 is 0 Å². The molecule has 1 saturated carbocycles. The standard InChI is InChI=1S/C7H16N2/c1-9-5-7-2-6(3-7)4-8/h6-7,9H,2-5,8H2,1H3. The van der Waals surface area contributed by atoms with E-state index in [4.69, 9.17) is 5.73 Å². The summed E-state index contributed by atoms with van der Waals surface area (Å²) in [5.41, 5.74) is 5.47. The van der Waals surface area contributed by atoms with E-state index >= 15 is 0 Å². The first kappa shape index (κ1) is 7.03. The monoisotopic (exact) mass is 128 g/mol. The summed E-state index contributed by atoms with van der Waals surface area (Å²) in [6.07, 6.45) is 2.69. The Labute approximate surface area is 56.8 Å². The first-order valence-corrected chi connectivity index (χ1v) is 3.71. The van der Waals surface area contributed by atoms with E-state index in [1.807, 2.05) is 7.05 Å². The summed E-state index contributed by atoms with van der Waals surface area (Å²) in [4.78, 5) is 0. The Morgan fingerprint density at radius 3 is 2.56 bits per heavy atom. The van der Waals surface area contributed by atoms with Gasteiger partial charge in [-0.1, -0.05) is 0 Å². The molecule has 0 aliphatic heterocycles. The molecule has 1 aliphatic rings. The largest absolute Gasteiger partial charge is 0.330 e. The first-order chi connectivity index (χ1) is 4.36. The van der Waals surface area contributed by atoms with Gasteiger partial charge in [0, 0.05) is 0 Å². The highest BCUT2D eigenvalue weighted by molar-refractivity contribution is 4.80. The van der Waals surface area contributed by atoms with Crippen LogP contribution in [-0.2, 0) is 0 Å². The van der Waals surface area contributed by atoms with Crippen molar-refractivity contribution in [2.24, 2.45) is 17.6 Å². The van der Waals surface area contributed by atoms with Crippen molar-refractivity contribution in [3.63, 3.8) is 0 Å². The third-order valence-corrected chi connectivity index (χ3v) is 2.16. The molecule has 0 aromatic carbocycles. The average molecular weight is 128 g/mol. The highest BCUT2D eigenvalue weighted by atomic mass is 14.8. The molecule has 0 amide bonds. The van der Waals surface area contributed by atoms with Crippen LogP contribution in [0.1, 0.15) is 12.8 Å². The predicted molar refractivity (Wildman–Crippen MR) is 39.2 cm³/mol. The van der Waals surface area contributed by atoms with Gasteiger partial charge in [-0.2, -0.15) is 0 Å². The molecule has 0 saturated heterocycles. The summed E-state index contributed by atoms with van der Waals surface area (Å²) in [6, 6.07) is 0. The van der Waals surface area contributed by atoms with Gasteiger partial charge in [0.15, 0.2) is 0 Å². The van der Waals surface area contributed by atoms with E-state index in [2.05, 4.69) is 5.32 Å². The Morgan fingerprint density at radius 2 is 2.11 bits per heavy atom. The molecule has 0 radical (unpaired) electrons. The number of hydrogen-bond donors (Lipinski definition) is 2. The van der Waals surface area contributed by atoms with Crippen molar-refractivity contribution >= 4 is 0 Å². The van der Waals surface area contributed by atoms with Crippen LogP contribution in [0, 0.1) is 11.8 Å². The van der Waals surface area contributed by atoms with Gasteiger partial charge in [0.1, 0.15) is 0 Å². The second kappa shape index (κ2) is 3.18. The molecule has 0 unspecified atom stereocenters. The maximum atomic E-state index is 5.47. The third-order valence-electron chi connectivity index (χ3n) is 2.16. The summed E-state index contributed by atoms with van der Waals surface area (Å²) in [5.74, 6) is 1.76. The number of rotatable bonds is 3. The van der Waals surface area contributed by atoms with E-state index in [1.165, 1.54) is 19.4 Å². The number of nitrogens with one attached hydrogen (secondary N) is 1. The Bertz CT molecular complexity index is 77.0. The van der Waals surface area contributed by atoms with Gasteiger partial charge in [0.05, 0.1) is 0 Å². The van der Waals surface area contributed by atoms with E-state index in [1.54, 1.807) is 0 Å². The van der Waals surface area contributed by atoms with Crippen LogP contribution in [0.4, 0.5) is 0 Å². The molecule has 1 fully saturated rings. The van der Waals surface area contributed by atoms with Gasteiger partial charge < -0.3 is 11.1 Å². The Morgan fingerprint density at radius 1 is 1.44 bits per heavy atom. The van der Waals surface area contributed by atoms with Gasteiger partial charge in [-0.3, -0.25) is 0 Å². The summed E-state index contributed by atoms with van der Waals surface area (Å²) < 4.78 is 0. The maximum Gasteiger partial charge on any atom is -0.00233 e. The van der Waals surface area contributed by atoms with Crippen LogP contribution in [0.25, 0.3) is 0 Å². The third kappa shape index (κ3) is 1.66. The van der Waals surface area contributed by atoms with Crippen LogP contribution in [0.3, 0.4) is 0 Å². The van der Waals surface area contributed by atoms with Crippen molar-refractivity contribution in [2.75, 3.05) is 20.1 Å². The Hall–Kier alpha value is -0.0800. The predicted octanol–water partition coefficient (Wildman–Crippen LogP) is 0.191. The molecule has 0 bridgehead atoms. The van der Waals surface area contributed by atoms with Crippen LogP contribution in [0.5, 0.6) is 0 Å². The second-order valence-electron chi connectivity index (χ2n) is 3.00. The molecule has 2 nitrogen and oxygen atoms in total. The molecular weight excluding hydrogens is 112 g/mol. The fourth-order valence-electron chi connectivity index (χ4n) is 1.52. The molecule has 9 heavy (non-hydrogen) atoms. The van der Waals surface area contributed by atoms with Crippen molar-refractivity contribution in [3.05, 3.63) is 0 Å². The van der Waals surface area contributed by atoms with E-state index < -0.39 is 0 Å². The van der Waals surface area contributed by atoms with E-state index in [9.17, 15) is 0 Å². The van der Waals surface area contributed by atoms with Gasteiger partial charge in [0.2, 0.25) is 0 Å². The zero-order valence-electron chi connectivity index (χ0n) is 6.06. The molecule has 1 rings (SSSR count). The summed E-state index contributed by atoms with van der Waals surface area (Å²) >= 11 is 0. The molecule has 0 heterocycles. The van der Waals surface area contributed by atoms with Gasteiger partial charge in [-0.25, -0.2) is 0 Å². The zero-order valence-corrected chi connectivity index (χ0v) is 6.06. The quantitative estimate of drug-likeness (QED) is 0.569. The summed E-state index contributed by atoms with van der Waals surface area (Å²) in [5, 5.41) is 3.17. The van der Waals surface area contributed by atoms with Crippen LogP contribution in [0.2, 0.25) is 0 Å². The van der Waals surface area contributed by atoms with Gasteiger partial charge in [-0.05, 0) is 44.8 Å². The van der Waals surface area contributed by atoms with Crippen molar-refractivity contribution in [3.8, 4) is 0 Å². The van der Waals surface area contributed by atoms with Crippen LogP contribution >= 0.6 is 0 Å². The topological polar surface area (TPSA) is 38.0 Å². The van der Waals surface area contributed by atoms with Crippen LogP contribution < -0.4 is 11.1 Å². The minimum atomic E-state index is 0.836. The fraction of sp³-hybridized carbons (Fsp3) is 1.00. The molecular formula is C7H16N2. The summed E-state index contributed by atoms with van der Waals surface area (Å²) in [7, 11) is 2.01. The minimum Gasteiger partial charge on any atom is -0.330 e. The van der Waals surface area contributed by atoms with Crippen molar-refractivity contribution in [1.82, 2.24) is 5.32 Å². The van der Waals surface area contributed by atoms with Crippen LogP contribution in [0.15, 0.2) is 0 Å². The molecule has 0 aromatic rings. The normalized spacial score (nSPS) is 34.0. The fourth-order valence-corrected chi connectivity index (χ4v) is 1.52. The van der Waals surface area contributed by atoms with E-state index in [0.717, 1.165) is 18.4 Å². The first-order valence-electron chi connectivity index (χ1n) is 3.71. The summed E-state index contributed by atoms with van der Waals surface area (Å²) in [6.45, 7) is 2.07. The minimum absolute atomic E-state index is 0.836. The van der Waals surface area contributed by atoms with Crippen LogP contribution in [-0.4, -0.2) is 20.1 Å².